The first-order valence-electron chi connectivity index (χ1n) is 7.05. The highest BCUT2D eigenvalue weighted by atomic mass is 19.1. The average Bonchev–Trinajstić information content (AvgIpc) is 2.52. The molecule has 0 spiro atoms. The number of ether oxygens (including phenoxy) is 1. The van der Waals surface area contributed by atoms with Crippen molar-refractivity contribution < 1.29 is 19.0 Å². The highest BCUT2D eigenvalue weighted by Crippen LogP contribution is 2.23. The van der Waals surface area contributed by atoms with E-state index in [0.29, 0.717) is 12.1 Å². The van der Waals surface area contributed by atoms with E-state index in [2.05, 4.69) is 5.32 Å². The monoisotopic (exact) mass is 303 g/mol. The Morgan fingerprint density at radius 3 is 2.59 bits per heavy atom. The van der Waals surface area contributed by atoms with Crippen LogP contribution in [-0.4, -0.2) is 17.1 Å². The standard InChI is InChI=1S/C17H18FNO3/c1-2-15(17(20)21)19-13-8-9-16(14(18)10-13)22-11-12-6-4-3-5-7-12/h3-10,15,19H,2,11H2,1H3,(H,20,21). The smallest absolute Gasteiger partial charge is 0.326 e. The molecular weight excluding hydrogens is 285 g/mol. The van der Waals surface area contributed by atoms with Gasteiger partial charge in [-0.3, -0.25) is 0 Å². The summed E-state index contributed by atoms with van der Waals surface area (Å²) in [6.07, 6.45) is 0.406. The van der Waals surface area contributed by atoms with E-state index in [4.69, 9.17) is 9.84 Å². The highest BCUT2D eigenvalue weighted by molar-refractivity contribution is 5.77. The summed E-state index contributed by atoms with van der Waals surface area (Å²) in [7, 11) is 0. The molecule has 1 unspecified atom stereocenters. The van der Waals surface area contributed by atoms with Gasteiger partial charge in [0.1, 0.15) is 12.6 Å². The molecule has 2 rings (SSSR count). The van der Waals surface area contributed by atoms with Gasteiger partial charge in [0.2, 0.25) is 0 Å². The first kappa shape index (κ1) is 15.8. The summed E-state index contributed by atoms with van der Waals surface area (Å²) in [6, 6.07) is 13.1. The number of carboxylic acid groups (broad SMARTS) is 1. The molecule has 0 aliphatic heterocycles. The lowest BCUT2D eigenvalue weighted by Gasteiger charge is -2.14. The number of hydrogen-bond donors (Lipinski definition) is 2. The van der Waals surface area contributed by atoms with Crippen molar-refractivity contribution in [3.63, 3.8) is 0 Å². The summed E-state index contributed by atoms with van der Waals surface area (Å²) in [5, 5.41) is 11.8. The van der Waals surface area contributed by atoms with Gasteiger partial charge in [0.25, 0.3) is 0 Å². The van der Waals surface area contributed by atoms with Gasteiger partial charge in [-0.05, 0) is 24.1 Å². The Morgan fingerprint density at radius 2 is 2.00 bits per heavy atom. The van der Waals surface area contributed by atoms with Crippen molar-refractivity contribution in [1.82, 2.24) is 0 Å². The van der Waals surface area contributed by atoms with Crippen LogP contribution in [0, 0.1) is 5.82 Å². The summed E-state index contributed by atoms with van der Waals surface area (Å²) in [5.41, 5.74) is 1.36. The SMILES string of the molecule is CCC(Nc1ccc(OCc2ccccc2)c(F)c1)C(=O)O. The molecule has 0 aliphatic rings. The number of benzene rings is 2. The number of carbonyl (C=O) groups is 1. The second-order valence-corrected chi connectivity index (χ2v) is 4.86. The van der Waals surface area contributed by atoms with Gasteiger partial charge >= 0.3 is 5.97 Å². The summed E-state index contributed by atoms with van der Waals surface area (Å²) < 4.78 is 19.4. The maximum Gasteiger partial charge on any atom is 0.326 e. The van der Waals surface area contributed by atoms with Gasteiger partial charge in [-0.25, -0.2) is 9.18 Å². The van der Waals surface area contributed by atoms with Gasteiger partial charge in [-0.15, -0.1) is 0 Å². The molecule has 2 aromatic rings. The summed E-state index contributed by atoms with van der Waals surface area (Å²) >= 11 is 0. The number of nitrogens with one attached hydrogen (secondary N) is 1. The van der Waals surface area contributed by atoms with E-state index in [1.165, 1.54) is 12.1 Å². The number of carboxylic acids is 1. The van der Waals surface area contributed by atoms with Crippen LogP contribution in [0.15, 0.2) is 48.5 Å². The molecule has 0 aliphatic carbocycles. The minimum atomic E-state index is -0.965. The molecule has 5 heteroatoms. The lowest BCUT2D eigenvalue weighted by molar-refractivity contribution is -0.137. The van der Waals surface area contributed by atoms with E-state index >= 15 is 0 Å². The number of rotatable bonds is 7. The second-order valence-electron chi connectivity index (χ2n) is 4.86. The van der Waals surface area contributed by atoms with E-state index < -0.39 is 17.8 Å². The van der Waals surface area contributed by atoms with Gasteiger partial charge in [0.05, 0.1) is 0 Å². The van der Waals surface area contributed by atoms with Crippen molar-refractivity contribution in [2.45, 2.75) is 26.0 Å². The van der Waals surface area contributed by atoms with Crippen LogP contribution in [0.1, 0.15) is 18.9 Å². The molecule has 22 heavy (non-hydrogen) atoms. The molecule has 0 fully saturated rings. The molecule has 0 radical (unpaired) electrons. The molecule has 0 saturated heterocycles. The first-order valence-corrected chi connectivity index (χ1v) is 7.05. The quantitative estimate of drug-likeness (QED) is 0.819. The van der Waals surface area contributed by atoms with Crippen molar-refractivity contribution in [3.8, 4) is 5.75 Å². The van der Waals surface area contributed by atoms with Gasteiger partial charge < -0.3 is 15.2 Å². The minimum absolute atomic E-state index is 0.137. The second kappa shape index (κ2) is 7.45. The van der Waals surface area contributed by atoms with E-state index in [-0.39, 0.29) is 12.4 Å². The molecule has 1 atom stereocenters. The summed E-state index contributed by atoms with van der Waals surface area (Å²) in [6.45, 7) is 2.02. The van der Waals surface area contributed by atoms with Crippen molar-refractivity contribution in [2.24, 2.45) is 0 Å². The van der Waals surface area contributed by atoms with Gasteiger partial charge in [0.15, 0.2) is 11.6 Å². The number of halogens is 1. The fourth-order valence-corrected chi connectivity index (χ4v) is 1.98. The Balaban J connectivity index is 2.01. The maximum absolute atomic E-state index is 14.0. The molecule has 4 nitrogen and oxygen atoms in total. The number of hydrogen-bond acceptors (Lipinski definition) is 3. The normalized spacial score (nSPS) is 11.7. The third-order valence-electron chi connectivity index (χ3n) is 3.22. The summed E-state index contributed by atoms with van der Waals surface area (Å²) in [4.78, 5) is 11.0. The lowest BCUT2D eigenvalue weighted by Crippen LogP contribution is -2.28. The predicted molar refractivity (Wildman–Crippen MR) is 82.5 cm³/mol. The van der Waals surface area contributed by atoms with Crippen LogP contribution in [0.3, 0.4) is 0 Å². The van der Waals surface area contributed by atoms with E-state index in [0.717, 1.165) is 5.56 Å². The Kier molecular flexibility index (Phi) is 5.36. The van der Waals surface area contributed by atoms with Gasteiger partial charge in [0, 0.05) is 11.8 Å². The van der Waals surface area contributed by atoms with E-state index in [9.17, 15) is 9.18 Å². The van der Waals surface area contributed by atoms with Crippen molar-refractivity contribution >= 4 is 11.7 Å². The Morgan fingerprint density at radius 1 is 1.27 bits per heavy atom. The zero-order chi connectivity index (χ0) is 15.9. The Hall–Kier alpha value is -2.56. The molecule has 0 bridgehead atoms. The largest absolute Gasteiger partial charge is 0.486 e. The highest BCUT2D eigenvalue weighted by Gasteiger charge is 2.15. The fourth-order valence-electron chi connectivity index (χ4n) is 1.98. The van der Waals surface area contributed by atoms with Crippen molar-refractivity contribution in [3.05, 3.63) is 59.9 Å². The summed E-state index contributed by atoms with van der Waals surface area (Å²) in [5.74, 6) is -1.36. The van der Waals surface area contributed by atoms with Crippen LogP contribution in [0.4, 0.5) is 10.1 Å². The van der Waals surface area contributed by atoms with Crippen LogP contribution in [0.5, 0.6) is 5.75 Å². The molecular formula is C17H18FNO3. The number of aliphatic carboxylic acids is 1. The number of anilines is 1. The molecule has 116 valence electrons. The van der Waals surface area contributed by atoms with Crippen LogP contribution in [0.2, 0.25) is 0 Å². The zero-order valence-corrected chi connectivity index (χ0v) is 12.3. The van der Waals surface area contributed by atoms with Gasteiger partial charge in [-0.2, -0.15) is 0 Å². The zero-order valence-electron chi connectivity index (χ0n) is 12.3. The predicted octanol–water partition coefficient (Wildman–Crippen LogP) is 3.68. The molecule has 2 aromatic carbocycles. The molecule has 0 aromatic heterocycles. The topological polar surface area (TPSA) is 58.6 Å². The van der Waals surface area contributed by atoms with Crippen LogP contribution in [-0.2, 0) is 11.4 Å². The molecule has 2 N–H and O–H groups in total. The van der Waals surface area contributed by atoms with Gasteiger partial charge in [-0.1, -0.05) is 37.3 Å². The van der Waals surface area contributed by atoms with Crippen molar-refractivity contribution in [2.75, 3.05) is 5.32 Å². The first-order chi connectivity index (χ1) is 10.6. The van der Waals surface area contributed by atoms with Crippen LogP contribution >= 0.6 is 0 Å². The Labute approximate surface area is 128 Å². The minimum Gasteiger partial charge on any atom is -0.486 e. The average molecular weight is 303 g/mol. The third kappa shape index (κ3) is 4.22. The molecule has 0 amide bonds. The third-order valence-corrected chi connectivity index (χ3v) is 3.22. The van der Waals surface area contributed by atoms with Crippen LogP contribution < -0.4 is 10.1 Å². The Bertz CT molecular complexity index is 631. The fraction of sp³-hybridized carbons (Fsp3) is 0.235. The molecule has 0 saturated carbocycles. The molecule has 0 heterocycles. The maximum atomic E-state index is 14.0. The van der Waals surface area contributed by atoms with Crippen LogP contribution in [0.25, 0.3) is 0 Å². The van der Waals surface area contributed by atoms with E-state index in [1.54, 1.807) is 13.0 Å². The lowest BCUT2D eigenvalue weighted by atomic mass is 10.2. The van der Waals surface area contributed by atoms with E-state index in [1.807, 2.05) is 30.3 Å². The van der Waals surface area contributed by atoms with Crippen molar-refractivity contribution in [1.29, 1.82) is 0 Å².